The van der Waals surface area contributed by atoms with Crippen LogP contribution in [-0.4, -0.2) is 81.9 Å². The third kappa shape index (κ3) is 4.69. The number of carbonyl (C=O) groups excluding carboxylic acids is 2. The van der Waals surface area contributed by atoms with Crippen molar-refractivity contribution in [3.8, 4) is 10.4 Å². The van der Waals surface area contributed by atoms with Gasteiger partial charge in [0.1, 0.15) is 11.4 Å². The fourth-order valence-corrected chi connectivity index (χ4v) is 5.47. The smallest absolute Gasteiger partial charge is 0.262 e. The van der Waals surface area contributed by atoms with Gasteiger partial charge >= 0.3 is 0 Å². The third-order valence-corrected chi connectivity index (χ3v) is 7.52. The van der Waals surface area contributed by atoms with E-state index < -0.39 is 0 Å². The van der Waals surface area contributed by atoms with E-state index in [4.69, 9.17) is 0 Å². The van der Waals surface area contributed by atoms with Crippen LogP contribution in [0.2, 0.25) is 0 Å². The third-order valence-electron chi connectivity index (χ3n) is 6.42. The fourth-order valence-electron chi connectivity index (χ4n) is 4.48. The second kappa shape index (κ2) is 9.44. The van der Waals surface area contributed by atoms with Gasteiger partial charge in [-0.2, -0.15) is 0 Å². The SMILES string of the molecule is O=C(CN1CCN(C(=O)Cn2cnc3sc(-c4ccccc4)cc3c2=O)CC1)N1CCCC1. The molecule has 1 aromatic carbocycles. The number of benzene rings is 1. The summed E-state index contributed by atoms with van der Waals surface area (Å²) in [6, 6.07) is 11.8. The van der Waals surface area contributed by atoms with Crippen LogP contribution >= 0.6 is 11.3 Å². The minimum atomic E-state index is -0.193. The first-order valence-corrected chi connectivity index (χ1v) is 12.2. The molecular formula is C24H27N5O3S. The van der Waals surface area contributed by atoms with Gasteiger partial charge in [0.25, 0.3) is 5.56 Å². The molecule has 9 heteroatoms. The zero-order chi connectivity index (χ0) is 22.8. The summed E-state index contributed by atoms with van der Waals surface area (Å²) in [5.41, 5.74) is 0.852. The van der Waals surface area contributed by atoms with Gasteiger partial charge in [0.15, 0.2) is 0 Å². The number of hydrogen-bond donors (Lipinski definition) is 0. The summed E-state index contributed by atoms with van der Waals surface area (Å²) in [6.07, 6.45) is 3.65. The molecule has 33 heavy (non-hydrogen) atoms. The number of thiophene rings is 1. The highest BCUT2D eigenvalue weighted by molar-refractivity contribution is 7.21. The normalized spacial score (nSPS) is 17.1. The summed E-state index contributed by atoms with van der Waals surface area (Å²) >= 11 is 1.48. The van der Waals surface area contributed by atoms with Crippen molar-refractivity contribution in [2.45, 2.75) is 19.4 Å². The summed E-state index contributed by atoms with van der Waals surface area (Å²) < 4.78 is 1.40. The van der Waals surface area contributed by atoms with Crippen LogP contribution in [0, 0.1) is 0 Å². The average Bonchev–Trinajstić information content (AvgIpc) is 3.53. The molecule has 172 valence electrons. The van der Waals surface area contributed by atoms with Crippen molar-refractivity contribution < 1.29 is 9.59 Å². The molecule has 2 aliphatic rings. The second-order valence-corrected chi connectivity index (χ2v) is 9.65. The van der Waals surface area contributed by atoms with E-state index in [1.54, 1.807) is 4.90 Å². The second-order valence-electron chi connectivity index (χ2n) is 8.62. The first-order chi connectivity index (χ1) is 16.1. The molecule has 2 aromatic heterocycles. The quantitative estimate of drug-likeness (QED) is 0.575. The summed E-state index contributed by atoms with van der Waals surface area (Å²) in [6.45, 7) is 4.59. The fraction of sp³-hybridized carbons (Fsp3) is 0.417. The van der Waals surface area contributed by atoms with Crippen LogP contribution in [0.25, 0.3) is 20.7 Å². The van der Waals surface area contributed by atoms with Gasteiger partial charge < -0.3 is 9.80 Å². The van der Waals surface area contributed by atoms with Crippen LogP contribution in [0.15, 0.2) is 47.5 Å². The van der Waals surface area contributed by atoms with Gasteiger partial charge in [0, 0.05) is 44.1 Å². The molecule has 2 aliphatic heterocycles. The Balaban J connectivity index is 1.21. The van der Waals surface area contributed by atoms with Crippen LogP contribution in [-0.2, 0) is 16.1 Å². The molecule has 4 heterocycles. The minimum absolute atomic E-state index is 0.0228. The molecule has 0 bridgehead atoms. The summed E-state index contributed by atoms with van der Waals surface area (Å²) in [7, 11) is 0. The lowest BCUT2D eigenvalue weighted by atomic mass is 10.2. The number of nitrogens with zero attached hydrogens (tertiary/aromatic N) is 5. The standard InChI is InChI=1S/C24H27N5O3S/c30-21(27-8-4-5-9-27)15-26-10-12-28(13-11-26)22(31)16-29-17-25-23-19(24(29)32)14-20(33-23)18-6-2-1-3-7-18/h1-3,6-7,14,17H,4-5,8-13,15-16H2. The molecule has 0 spiro atoms. The molecule has 2 amide bonds. The molecule has 5 rings (SSSR count). The Morgan fingerprint density at radius 3 is 2.27 bits per heavy atom. The summed E-state index contributed by atoms with van der Waals surface area (Å²) in [4.78, 5) is 50.1. The van der Waals surface area contributed by atoms with E-state index >= 15 is 0 Å². The van der Waals surface area contributed by atoms with E-state index in [0.29, 0.717) is 42.9 Å². The van der Waals surface area contributed by atoms with Crippen molar-refractivity contribution in [2.24, 2.45) is 0 Å². The van der Waals surface area contributed by atoms with E-state index in [-0.39, 0.29) is 23.9 Å². The van der Waals surface area contributed by atoms with Crippen LogP contribution in [0.3, 0.4) is 0 Å². The van der Waals surface area contributed by atoms with Crippen molar-refractivity contribution in [2.75, 3.05) is 45.8 Å². The van der Waals surface area contributed by atoms with Crippen LogP contribution in [0.4, 0.5) is 0 Å². The van der Waals surface area contributed by atoms with Crippen LogP contribution in [0.1, 0.15) is 12.8 Å². The molecule has 8 nitrogen and oxygen atoms in total. The molecule has 0 N–H and O–H groups in total. The highest BCUT2D eigenvalue weighted by Crippen LogP contribution is 2.30. The Hall–Kier alpha value is -3.04. The molecule has 2 fully saturated rings. The molecule has 0 aliphatic carbocycles. The Kier molecular flexibility index (Phi) is 6.24. The number of fused-ring (bicyclic) bond motifs is 1. The molecule has 2 saturated heterocycles. The van der Waals surface area contributed by atoms with Crippen molar-refractivity contribution in [1.82, 2.24) is 24.3 Å². The highest BCUT2D eigenvalue weighted by Gasteiger charge is 2.25. The predicted octanol–water partition coefficient (Wildman–Crippen LogP) is 1.89. The monoisotopic (exact) mass is 465 g/mol. The van der Waals surface area contributed by atoms with Gasteiger partial charge in [-0.1, -0.05) is 30.3 Å². The zero-order valence-electron chi connectivity index (χ0n) is 18.5. The van der Waals surface area contributed by atoms with E-state index in [1.807, 2.05) is 41.3 Å². The maximum atomic E-state index is 13.0. The van der Waals surface area contributed by atoms with Gasteiger partial charge in [-0.3, -0.25) is 23.9 Å². The number of piperazine rings is 1. The Morgan fingerprint density at radius 2 is 1.55 bits per heavy atom. The Morgan fingerprint density at radius 1 is 0.879 bits per heavy atom. The molecule has 0 radical (unpaired) electrons. The van der Waals surface area contributed by atoms with Crippen molar-refractivity contribution in [1.29, 1.82) is 0 Å². The van der Waals surface area contributed by atoms with Crippen molar-refractivity contribution in [3.05, 3.63) is 53.1 Å². The largest absolute Gasteiger partial charge is 0.342 e. The van der Waals surface area contributed by atoms with Gasteiger partial charge in [-0.15, -0.1) is 11.3 Å². The number of amides is 2. The van der Waals surface area contributed by atoms with E-state index in [9.17, 15) is 14.4 Å². The average molecular weight is 466 g/mol. The van der Waals surface area contributed by atoms with Crippen molar-refractivity contribution >= 4 is 33.4 Å². The lowest BCUT2D eigenvalue weighted by molar-refractivity contribution is -0.135. The predicted molar refractivity (Wildman–Crippen MR) is 128 cm³/mol. The van der Waals surface area contributed by atoms with Gasteiger partial charge in [-0.05, 0) is 24.5 Å². The number of aromatic nitrogens is 2. The van der Waals surface area contributed by atoms with Crippen LogP contribution < -0.4 is 5.56 Å². The number of carbonyl (C=O) groups is 2. The first-order valence-electron chi connectivity index (χ1n) is 11.4. The molecule has 0 unspecified atom stereocenters. The molecule has 0 atom stereocenters. The van der Waals surface area contributed by atoms with Crippen molar-refractivity contribution in [3.63, 3.8) is 0 Å². The first kappa shape index (κ1) is 21.8. The van der Waals surface area contributed by atoms with E-state index in [1.165, 1.54) is 22.2 Å². The highest BCUT2D eigenvalue weighted by atomic mass is 32.1. The van der Waals surface area contributed by atoms with Crippen LogP contribution in [0.5, 0.6) is 0 Å². The van der Waals surface area contributed by atoms with Gasteiger partial charge in [0.05, 0.1) is 18.3 Å². The maximum absolute atomic E-state index is 13.0. The topological polar surface area (TPSA) is 78.8 Å². The molecule has 3 aromatic rings. The Labute approximate surface area is 196 Å². The lowest BCUT2D eigenvalue weighted by Gasteiger charge is -2.35. The minimum Gasteiger partial charge on any atom is -0.342 e. The van der Waals surface area contributed by atoms with Gasteiger partial charge in [-0.25, -0.2) is 4.98 Å². The number of likely N-dealkylation sites (tertiary alicyclic amines) is 1. The summed E-state index contributed by atoms with van der Waals surface area (Å²) in [5.74, 6) is 0.0890. The Bertz CT molecular complexity index is 1210. The lowest BCUT2D eigenvalue weighted by Crippen LogP contribution is -2.52. The molecular weight excluding hydrogens is 438 g/mol. The number of rotatable bonds is 5. The number of hydrogen-bond acceptors (Lipinski definition) is 6. The zero-order valence-corrected chi connectivity index (χ0v) is 19.3. The molecule has 0 saturated carbocycles. The van der Waals surface area contributed by atoms with Gasteiger partial charge in [0.2, 0.25) is 11.8 Å². The maximum Gasteiger partial charge on any atom is 0.262 e. The summed E-state index contributed by atoms with van der Waals surface area (Å²) in [5, 5.41) is 0.541. The van der Waals surface area contributed by atoms with E-state index in [0.717, 1.165) is 36.4 Å². The van der Waals surface area contributed by atoms with E-state index in [2.05, 4.69) is 9.88 Å².